The average Bonchev–Trinajstić information content (AvgIpc) is 3.07. The highest BCUT2D eigenvalue weighted by Crippen LogP contribution is 2.37. The van der Waals surface area contributed by atoms with E-state index in [1.165, 1.54) is 0 Å². The van der Waals surface area contributed by atoms with Crippen molar-refractivity contribution >= 4 is 10.9 Å². The second-order valence-electron chi connectivity index (χ2n) is 6.78. The zero-order chi connectivity index (χ0) is 20.4. The molecule has 0 fully saturated rings. The van der Waals surface area contributed by atoms with Gasteiger partial charge in [0.1, 0.15) is 18.1 Å². The Morgan fingerprint density at radius 3 is 2.76 bits per heavy atom. The number of aryl methyl sites for hydroxylation is 2. The number of pyridine rings is 2. The van der Waals surface area contributed by atoms with Crippen molar-refractivity contribution in [2.75, 3.05) is 6.61 Å². The van der Waals surface area contributed by atoms with Gasteiger partial charge in [-0.1, -0.05) is 23.9 Å². The Morgan fingerprint density at radius 2 is 2.07 bits per heavy atom. The molecule has 0 aliphatic carbocycles. The summed E-state index contributed by atoms with van der Waals surface area (Å²) in [5.74, 6) is 1.36. The number of fused-ring (bicyclic) bond motifs is 1. The summed E-state index contributed by atoms with van der Waals surface area (Å²) >= 11 is 0. The Hall–Kier alpha value is -3.67. The minimum atomic E-state index is -0.0945. The normalized spacial score (nSPS) is 11.0. The van der Waals surface area contributed by atoms with E-state index in [2.05, 4.69) is 16.7 Å². The van der Waals surface area contributed by atoms with Gasteiger partial charge in [-0.05, 0) is 43.5 Å². The van der Waals surface area contributed by atoms with Crippen LogP contribution in [0.3, 0.4) is 0 Å². The SMILES string of the molecule is C=CCOc1cc2c(ccc(=O)n2Cc2ccccn2)cc1-c1c(C)noc1C. The summed E-state index contributed by atoms with van der Waals surface area (Å²) in [4.78, 5) is 17.0. The van der Waals surface area contributed by atoms with E-state index in [0.717, 1.165) is 33.4 Å². The predicted octanol–water partition coefficient (Wildman–Crippen LogP) is 4.28. The minimum absolute atomic E-state index is 0.0945. The summed E-state index contributed by atoms with van der Waals surface area (Å²) in [5.41, 5.74) is 4.05. The zero-order valence-corrected chi connectivity index (χ0v) is 16.4. The van der Waals surface area contributed by atoms with E-state index in [9.17, 15) is 4.79 Å². The molecule has 0 aliphatic heterocycles. The van der Waals surface area contributed by atoms with Crippen molar-refractivity contribution in [2.45, 2.75) is 20.4 Å². The third-order valence-corrected chi connectivity index (χ3v) is 4.80. The molecule has 0 N–H and O–H groups in total. The molecule has 0 saturated heterocycles. The molecule has 6 nitrogen and oxygen atoms in total. The number of nitrogens with zero attached hydrogens (tertiary/aromatic N) is 3. The van der Waals surface area contributed by atoms with Crippen molar-refractivity contribution < 1.29 is 9.26 Å². The fourth-order valence-corrected chi connectivity index (χ4v) is 3.47. The second kappa shape index (κ2) is 7.75. The smallest absolute Gasteiger partial charge is 0.251 e. The van der Waals surface area contributed by atoms with Crippen LogP contribution in [0.1, 0.15) is 17.1 Å². The van der Waals surface area contributed by atoms with Crippen molar-refractivity contribution in [3.63, 3.8) is 0 Å². The maximum absolute atomic E-state index is 12.6. The van der Waals surface area contributed by atoms with Crippen molar-refractivity contribution in [1.29, 1.82) is 0 Å². The predicted molar refractivity (Wildman–Crippen MR) is 112 cm³/mol. The van der Waals surface area contributed by atoms with E-state index in [4.69, 9.17) is 9.26 Å². The van der Waals surface area contributed by atoms with E-state index in [0.29, 0.717) is 24.7 Å². The Morgan fingerprint density at radius 1 is 1.21 bits per heavy atom. The minimum Gasteiger partial charge on any atom is -0.489 e. The molecule has 0 unspecified atom stereocenters. The zero-order valence-electron chi connectivity index (χ0n) is 16.4. The van der Waals surface area contributed by atoms with Crippen molar-refractivity contribution in [3.8, 4) is 16.9 Å². The van der Waals surface area contributed by atoms with Crippen molar-refractivity contribution in [1.82, 2.24) is 14.7 Å². The molecule has 29 heavy (non-hydrogen) atoms. The van der Waals surface area contributed by atoms with Crippen LogP contribution < -0.4 is 10.3 Å². The van der Waals surface area contributed by atoms with Crippen LogP contribution in [0.2, 0.25) is 0 Å². The Bertz CT molecular complexity index is 1220. The van der Waals surface area contributed by atoms with Gasteiger partial charge >= 0.3 is 0 Å². The van der Waals surface area contributed by atoms with E-state index in [1.807, 2.05) is 50.2 Å². The number of ether oxygens (including phenoxy) is 1. The first-order chi connectivity index (χ1) is 14.1. The molecular formula is C23H21N3O3. The molecule has 3 heterocycles. The maximum atomic E-state index is 12.6. The molecule has 6 heteroatoms. The lowest BCUT2D eigenvalue weighted by Gasteiger charge is -2.15. The Labute approximate surface area is 168 Å². The van der Waals surface area contributed by atoms with Crippen molar-refractivity contribution in [3.05, 3.63) is 88.8 Å². The van der Waals surface area contributed by atoms with Gasteiger partial charge in [0, 0.05) is 23.9 Å². The number of hydrogen-bond donors (Lipinski definition) is 0. The van der Waals surface area contributed by atoms with E-state index >= 15 is 0 Å². The van der Waals surface area contributed by atoms with Gasteiger partial charge in [-0.25, -0.2) is 0 Å². The molecule has 146 valence electrons. The number of benzene rings is 1. The molecule has 0 atom stereocenters. The molecule has 0 aliphatic rings. The highest BCUT2D eigenvalue weighted by molar-refractivity contribution is 5.89. The van der Waals surface area contributed by atoms with Gasteiger partial charge in [-0.15, -0.1) is 0 Å². The number of rotatable bonds is 6. The number of aromatic nitrogens is 3. The monoisotopic (exact) mass is 387 g/mol. The van der Waals surface area contributed by atoms with Gasteiger partial charge in [0.05, 0.1) is 29.0 Å². The molecule has 0 radical (unpaired) electrons. The van der Waals surface area contributed by atoms with Crippen LogP contribution in [-0.2, 0) is 6.54 Å². The largest absolute Gasteiger partial charge is 0.489 e. The topological polar surface area (TPSA) is 70.2 Å². The van der Waals surface area contributed by atoms with Gasteiger partial charge in [0.2, 0.25) is 0 Å². The summed E-state index contributed by atoms with van der Waals surface area (Å²) < 4.78 is 13.0. The molecule has 0 bridgehead atoms. The van der Waals surface area contributed by atoms with Crippen LogP contribution in [-0.4, -0.2) is 21.3 Å². The van der Waals surface area contributed by atoms with Crippen LogP contribution in [0.15, 0.2) is 70.6 Å². The molecule has 0 saturated carbocycles. The van der Waals surface area contributed by atoms with Gasteiger partial charge in [0.25, 0.3) is 5.56 Å². The maximum Gasteiger partial charge on any atom is 0.251 e. The molecule has 3 aromatic heterocycles. The van der Waals surface area contributed by atoms with Gasteiger partial charge < -0.3 is 13.8 Å². The highest BCUT2D eigenvalue weighted by Gasteiger charge is 2.18. The van der Waals surface area contributed by atoms with Gasteiger partial charge in [-0.3, -0.25) is 9.78 Å². The molecule has 4 aromatic rings. The fraction of sp³-hybridized carbons (Fsp3) is 0.174. The van der Waals surface area contributed by atoms with Crippen LogP contribution >= 0.6 is 0 Å². The average molecular weight is 387 g/mol. The van der Waals surface area contributed by atoms with E-state index in [1.54, 1.807) is 22.9 Å². The fourth-order valence-electron chi connectivity index (χ4n) is 3.47. The molecule has 0 spiro atoms. The lowest BCUT2D eigenvalue weighted by molar-refractivity contribution is 0.365. The lowest BCUT2D eigenvalue weighted by atomic mass is 10.0. The molecule has 1 aromatic carbocycles. The highest BCUT2D eigenvalue weighted by atomic mass is 16.5. The summed E-state index contributed by atoms with van der Waals surface area (Å²) in [5, 5.41) is 4.99. The second-order valence-corrected chi connectivity index (χ2v) is 6.78. The van der Waals surface area contributed by atoms with Gasteiger partial charge in [0.15, 0.2) is 0 Å². The first kappa shape index (κ1) is 18.7. The standard InChI is InChI=1S/C23H21N3O3/c1-4-11-28-21-13-20-17(12-19(21)23-15(2)25-29-16(23)3)8-9-22(27)26(20)14-18-7-5-6-10-24-18/h4-10,12-13H,1,11,14H2,2-3H3. The van der Waals surface area contributed by atoms with Crippen LogP contribution in [0.25, 0.3) is 22.0 Å². The Kier molecular flexibility index (Phi) is 4.99. The third-order valence-electron chi connectivity index (χ3n) is 4.80. The lowest BCUT2D eigenvalue weighted by Crippen LogP contribution is -2.20. The van der Waals surface area contributed by atoms with E-state index < -0.39 is 0 Å². The number of hydrogen-bond acceptors (Lipinski definition) is 5. The molecular weight excluding hydrogens is 366 g/mol. The first-order valence-corrected chi connectivity index (χ1v) is 9.33. The Balaban J connectivity index is 1.94. The first-order valence-electron chi connectivity index (χ1n) is 9.33. The molecule has 0 amide bonds. The summed E-state index contributed by atoms with van der Waals surface area (Å²) in [6.07, 6.45) is 3.41. The van der Waals surface area contributed by atoms with Crippen LogP contribution in [0, 0.1) is 13.8 Å². The van der Waals surface area contributed by atoms with Crippen molar-refractivity contribution in [2.24, 2.45) is 0 Å². The van der Waals surface area contributed by atoms with Crippen LogP contribution in [0.5, 0.6) is 5.75 Å². The molecule has 4 rings (SSSR count). The summed E-state index contributed by atoms with van der Waals surface area (Å²) in [6.45, 7) is 8.23. The van der Waals surface area contributed by atoms with Crippen LogP contribution in [0.4, 0.5) is 0 Å². The van der Waals surface area contributed by atoms with Gasteiger partial charge in [-0.2, -0.15) is 0 Å². The summed E-state index contributed by atoms with van der Waals surface area (Å²) in [6, 6.07) is 13.0. The van der Waals surface area contributed by atoms with E-state index in [-0.39, 0.29) is 5.56 Å². The quantitative estimate of drug-likeness (QED) is 0.462. The third kappa shape index (κ3) is 3.57. The summed E-state index contributed by atoms with van der Waals surface area (Å²) in [7, 11) is 0.